The van der Waals surface area contributed by atoms with Crippen LogP contribution < -0.4 is 0 Å². The predicted molar refractivity (Wildman–Crippen MR) is 179 cm³/mol. The van der Waals surface area contributed by atoms with E-state index in [0.29, 0.717) is 44.3 Å². The Balaban J connectivity index is 1.31. The Morgan fingerprint density at radius 1 is 0.783 bits per heavy atom. The number of fused-ring (bicyclic) bond motifs is 5. The van der Waals surface area contributed by atoms with E-state index in [4.69, 9.17) is 9.47 Å². The highest BCUT2D eigenvalue weighted by molar-refractivity contribution is 5.74. The molecule has 0 heterocycles. The van der Waals surface area contributed by atoms with Crippen molar-refractivity contribution in [2.24, 2.45) is 34.5 Å². The normalized spacial score (nSPS) is 35.4. The average Bonchev–Trinajstić information content (AvgIpc) is 3.44. The lowest BCUT2D eigenvalue weighted by Gasteiger charge is -2.65. The van der Waals surface area contributed by atoms with E-state index >= 15 is 0 Å². The second-order valence-electron chi connectivity index (χ2n) is 15.0. The van der Waals surface area contributed by atoms with Gasteiger partial charge in [-0.15, -0.1) is 0 Å². The van der Waals surface area contributed by atoms with Gasteiger partial charge >= 0.3 is 5.97 Å². The van der Waals surface area contributed by atoms with Crippen molar-refractivity contribution in [1.29, 1.82) is 0 Å². The van der Waals surface area contributed by atoms with Crippen molar-refractivity contribution >= 4 is 5.97 Å². The topological polar surface area (TPSA) is 76.0 Å². The predicted octanol–water partition coefficient (Wildman–Crippen LogP) is 7.67. The van der Waals surface area contributed by atoms with Crippen LogP contribution in [-0.2, 0) is 19.9 Å². The summed E-state index contributed by atoms with van der Waals surface area (Å²) >= 11 is 0. The van der Waals surface area contributed by atoms with Gasteiger partial charge in [0.1, 0.15) is 5.60 Å². The summed E-state index contributed by atoms with van der Waals surface area (Å²) in [5.41, 5.74) is 0.672. The molecule has 4 aliphatic carbocycles. The quantitative estimate of drug-likeness (QED) is 0.199. The van der Waals surface area contributed by atoms with E-state index in [0.717, 1.165) is 55.2 Å². The molecule has 3 aromatic carbocycles. The maximum atomic E-state index is 13.2. The molecule has 244 valence electrons. The Morgan fingerprint density at radius 3 is 1.93 bits per heavy atom. The monoisotopic (exact) mass is 622 g/mol. The number of ether oxygens (including phenoxy) is 2. The van der Waals surface area contributed by atoms with Gasteiger partial charge in [-0.1, -0.05) is 97.9 Å². The summed E-state index contributed by atoms with van der Waals surface area (Å²) in [6, 6.07) is 31.5. The highest BCUT2D eigenvalue weighted by atomic mass is 16.5. The molecule has 0 radical (unpaired) electrons. The minimum absolute atomic E-state index is 0.0320. The lowest BCUT2D eigenvalue weighted by atomic mass is 9.43. The third-order valence-corrected chi connectivity index (χ3v) is 13.1. The Kier molecular flexibility index (Phi) is 8.40. The summed E-state index contributed by atoms with van der Waals surface area (Å²) in [7, 11) is 0. The molecule has 3 aromatic rings. The molecular formula is C41H50O5. The van der Waals surface area contributed by atoms with E-state index in [1.165, 1.54) is 0 Å². The van der Waals surface area contributed by atoms with Gasteiger partial charge < -0.3 is 19.7 Å². The van der Waals surface area contributed by atoms with Gasteiger partial charge in [0.2, 0.25) is 0 Å². The molecule has 5 heteroatoms. The SMILES string of the molecule is CCOC(=O)[C@H]1CC[C@H]2[C@@H]3CC[C@]4(O)C[C@@H](O)CC[C@]4(COC(c4ccccc4)(c4ccccc4)c4ccccc4)[C@H]3CC[C@]12C. The van der Waals surface area contributed by atoms with Gasteiger partial charge in [0.25, 0.3) is 0 Å². The van der Waals surface area contributed by atoms with Crippen LogP contribution in [0, 0.1) is 34.5 Å². The average molecular weight is 623 g/mol. The van der Waals surface area contributed by atoms with Crippen molar-refractivity contribution in [3.8, 4) is 0 Å². The fraction of sp³-hybridized carbons (Fsp3) is 0.537. The zero-order chi connectivity index (χ0) is 32.0. The summed E-state index contributed by atoms with van der Waals surface area (Å²) in [5, 5.41) is 23.7. The largest absolute Gasteiger partial charge is 0.466 e. The van der Waals surface area contributed by atoms with Gasteiger partial charge in [-0.2, -0.15) is 0 Å². The van der Waals surface area contributed by atoms with Crippen LogP contribution in [0.25, 0.3) is 0 Å². The molecule has 4 fully saturated rings. The van der Waals surface area contributed by atoms with Crippen LogP contribution in [0.3, 0.4) is 0 Å². The van der Waals surface area contributed by atoms with Crippen molar-refractivity contribution in [1.82, 2.24) is 0 Å². The van der Waals surface area contributed by atoms with E-state index in [9.17, 15) is 15.0 Å². The Morgan fingerprint density at radius 2 is 1.37 bits per heavy atom. The van der Waals surface area contributed by atoms with Crippen LogP contribution in [0.5, 0.6) is 0 Å². The third kappa shape index (κ3) is 4.88. The first kappa shape index (κ1) is 31.6. The van der Waals surface area contributed by atoms with Gasteiger partial charge in [-0.05, 0) is 98.1 Å². The van der Waals surface area contributed by atoms with Crippen molar-refractivity contribution < 1.29 is 24.5 Å². The van der Waals surface area contributed by atoms with Gasteiger partial charge in [-0.3, -0.25) is 4.79 Å². The van der Waals surface area contributed by atoms with E-state index in [1.54, 1.807) is 0 Å². The molecule has 5 nitrogen and oxygen atoms in total. The van der Waals surface area contributed by atoms with E-state index in [-0.39, 0.29) is 23.2 Å². The minimum Gasteiger partial charge on any atom is -0.466 e. The van der Waals surface area contributed by atoms with Crippen molar-refractivity contribution in [2.75, 3.05) is 13.2 Å². The number of aliphatic hydroxyl groups excluding tert-OH is 1. The summed E-state index contributed by atoms with van der Waals surface area (Å²) in [4.78, 5) is 13.2. The summed E-state index contributed by atoms with van der Waals surface area (Å²) in [5.74, 6) is 0.975. The zero-order valence-electron chi connectivity index (χ0n) is 27.4. The van der Waals surface area contributed by atoms with Gasteiger partial charge in [-0.25, -0.2) is 0 Å². The molecule has 0 amide bonds. The Bertz CT molecular complexity index is 1400. The molecule has 0 unspecified atom stereocenters. The molecule has 0 aromatic heterocycles. The maximum Gasteiger partial charge on any atom is 0.309 e. The summed E-state index contributed by atoms with van der Waals surface area (Å²) in [6.07, 6.45) is 6.66. The molecule has 0 aliphatic heterocycles. The van der Waals surface area contributed by atoms with Crippen LogP contribution in [-0.4, -0.2) is 41.1 Å². The molecule has 2 N–H and O–H groups in total. The van der Waals surface area contributed by atoms with Crippen LogP contribution in [0.4, 0.5) is 0 Å². The Hall–Kier alpha value is -2.99. The number of carbonyl (C=O) groups is 1. The van der Waals surface area contributed by atoms with Crippen LogP contribution >= 0.6 is 0 Å². The van der Waals surface area contributed by atoms with Crippen LogP contribution in [0.1, 0.15) is 88.3 Å². The number of benzene rings is 3. The highest BCUT2D eigenvalue weighted by Crippen LogP contribution is 2.69. The number of hydrogen-bond acceptors (Lipinski definition) is 5. The number of carbonyl (C=O) groups excluding carboxylic acids is 1. The fourth-order valence-corrected chi connectivity index (χ4v) is 11.0. The lowest BCUT2D eigenvalue weighted by molar-refractivity contribution is -0.253. The van der Waals surface area contributed by atoms with Crippen LogP contribution in [0.2, 0.25) is 0 Å². The summed E-state index contributed by atoms with van der Waals surface area (Å²) < 4.78 is 13.1. The smallest absolute Gasteiger partial charge is 0.309 e. The lowest BCUT2D eigenvalue weighted by Crippen LogP contribution is -2.66. The minimum atomic E-state index is -1.02. The molecule has 0 saturated heterocycles. The molecule has 0 bridgehead atoms. The molecule has 8 atom stereocenters. The van der Waals surface area contributed by atoms with Crippen LogP contribution in [0.15, 0.2) is 91.0 Å². The second-order valence-corrected chi connectivity index (χ2v) is 15.0. The standard InChI is InChI=1S/C41H50O5/c1-3-45-37(43)36-20-19-34-33-22-26-40(44)27-32(42)21-25-39(40,35(33)23-24-38(34,36)2)28-46-41(29-13-7-4-8-14-29,30-15-9-5-10-16-30)31-17-11-6-12-18-31/h4-18,32-36,42,44H,3,19-28H2,1-2H3/t32-,33-,34-,35-,36+,38-,39-,40-/m0/s1. The number of rotatable bonds is 8. The van der Waals surface area contributed by atoms with Crippen molar-refractivity contribution in [3.05, 3.63) is 108 Å². The number of esters is 1. The summed E-state index contributed by atoms with van der Waals surface area (Å²) in [6.45, 7) is 5.04. The molecule has 7 rings (SSSR count). The first-order valence-corrected chi connectivity index (χ1v) is 17.6. The van der Waals surface area contributed by atoms with E-state index in [2.05, 4.69) is 79.7 Å². The number of hydrogen-bond donors (Lipinski definition) is 2. The molecule has 4 aliphatic rings. The second kappa shape index (κ2) is 12.2. The molecule has 46 heavy (non-hydrogen) atoms. The first-order valence-electron chi connectivity index (χ1n) is 17.6. The van der Waals surface area contributed by atoms with Crippen molar-refractivity contribution in [3.63, 3.8) is 0 Å². The van der Waals surface area contributed by atoms with Gasteiger partial charge in [0.05, 0.1) is 30.8 Å². The van der Waals surface area contributed by atoms with Gasteiger partial charge in [0, 0.05) is 11.8 Å². The zero-order valence-corrected chi connectivity index (χ0v) is 27.4. The van der Waals surface area contributed by atoms with Crippen molar-refractivity contribution in [2.45, 2.75) is 88.9 Å². The van der Waals surface area contributed by atoms with E-state index < -0.39 is 22.7 Å². The Labute approximate surface area is 274 Å². The third-order valence-electron chi connectivity index (χ3n) is 13.1. The first-order chi connectivity index (χ1) is 22.3. The van der Waals surface area contributed by atoms with Gasteiger partial charge in [0.15, 0.2) is 0 Å². The fourth-order valence-electron chi connectivity index (χ4n) is 11.0. The highest BCUT2D eigenvalue weighted by Gasteiger charge is 2.67. The van der Waals surface area contributed by atoms with E-state index in [1.807, 2.05) is 25.1 Å². The molecular weight excluding hydrogens is 572 g/mol. The maximum absolute atomic E-state index is 13.2. The molecule has 0 spiro atoms. The molecule has 4 saturated carbocycles. The number of aliphatic hydroxyl groups is 2.